The molecule has 0 radical (unpaired) electrons. The summed E-state index contributed by atoms with van der Waals surface area (Å²) in [6, 6.07) is 15.7. The van der Waals surface area contributed by atoms with Gasteiger partial charge in [0.05, 0.1) is 19.0 Å². The zero-order chi connectivity index (χ0) is 26.4. The average molecular weight is 652 g/mol. The van der Waals surface area contributed by atoms with Crippen molar-refractivity contribution in [1.82, 2.24) is 0 Å². The van der Waals surface area contributed by atoms with Crippen LogP contribution in [-0.2, 0) is 9.59 Å². The van der Waals surface area contributed by atoms with Gasteiger partial charge in [-0.25, -0.2) is 0 Å². The molecule has 3 rings (SSSR count). The first-order valence-electron chi connectivity index (χ1n) is 10.4. The molecule has 0 saturated carbocycles. The molecule has 0 atom stereocenters. The number of benzene rings is 3. The molecule has 0 fully saturated rings. The lowest BCUT2D eigenvalue weighted by Crippen LogP contribution is -2.20. The topological polar surface area (TPSA) is 91.2 Å². The standard InChI is InChI=1S/C26H19Br2Cl2N3O3/c1-14-3-6-23(15(2)7-14)33-26(35)17(12-31)8-16-9-19(27)25(20(28)10-16)36-13-24(34)32-18-4-5-21(29)22(30)11-18/h3-11H,13H2,1-2H3,(H,32,34)(H,33,35)/b17-8+. The van der Waals surface area contributed by atoms with E-state index in [2.05, 4.69) is 42.5 Å². The maximum absolute atomic E-state index is 12.7. The molecule has 6 nitrogen and oxygen atoms in total. The summed E-state index contributed by atoms with van der Waals surface area (Å²) in [4.78, 5) is 25.0. The predicted octanol–water partition coefficient (Wildman–Crippen LogP) is 7.70. The number of carbonyl (C=O) groups excluding carboxylic acids is 2. The normalized spacial score (nSPS) is 11.0. The number of hydrogen-bond acceptors (Lipinski definition) is 4. The van der Waals surface area contributed by atoms with Crippen molar-refractivity contribution in [3.05, 3.63) is 89.8 Å². The van der Waals surface area contributed by atoms with Gasteiger partial charge in [-0.05, 0) is 99.3 Å². The van der Waals surface area contributed by atoms with E-state index < -0.39 is 11.8 Å². The number of nitriles is 1. The minimum absolute atomic E-state index is 0.0663. The van der Waals surface area contributed by atoms with Gasteiger partial charge in [0.15, 0.2) is 6.61 Å². The molecule has 3 aromatic carbocycles. The Morgan fingerprint density at radius 2 is 1.69 bits per heavy atom. The molecule has 0 heterocycles. The lowest BCUT2D eigenvalue weighted by molar-refractivity contribution is -0.118. The number of ether oxygens (including phenoxy) is 1. The minimum Gasteiger partial charge on any atom is -0.481 e. The van der Waals surface area contributed by atoms with Crippen molar-refractivity contribution in [1.29, 1.82) is 5.26 Å². The van der Waals surface area contributed by atoms with Gasteiger partial charge in [-0.15, -0.1) is 0 Å². The van der Waals surface area contributed by atoms with Gasteiger partial charge in [0, 0.05) is 11.4 Å². The number of aryl methyl sites for hydroxylation is 2. The summed E-state index contributed by atoms with van der Waals surface area (Å²) in [5.41, 5.74) is 3.61. The van der Waals surface area contributed by atoms with E-state index in [9.17, 15) is 14.9 Å². The Balaban J connectivity index is 1.70. The number of anilines is 2. The molecule has 10 heteroatoms. The molecule has 0 unspecified atom stereocenters. The molecule has 184 valence electrons. The summed E-state index contributed by atoms with van der Waals surface area (Å²) in [5.74, 6) is -0.531. The molecule has 0 saturated heterocycles. The fourth-order valence-electron chi connectivity index (χ4n) is 3.17. The van der Waals surface area contributed by atoms with Crippen LogP contribution in [0.5, 0.6) is 5.75 Å². The second-order valence-electron chi connectivity index (χ2n) is 7.72. The summed E-state index contributed by atoms with van der Waals surface area (Å²) >= 11 is 18.7. The van der Waals surface area contributed by atoms with E-state index in [1.807, 2.05) is 32.0 Å². The fraction of sp³-hybridized carbons (Fsp3) is 0.115. The monoisotopic (exact) mass is 649 g/mol. The van der Waals surface area contributed by atoms with Gasteiger partial charge < -0.3 is 15.4 Å². The number of carbonyl (C=O) groups is 2. The largest absolute Gasteiger partial charge is 0.481 e. The molecular formula is C26H19Br2Cl2N3O3. The smallest absolute Gasteiger partial charge is 0.266 e. The Hall–Kier alpha value is -2.83. The molecule has 0 aliphatic rings. The summed E-state index contributed by atoms with van der Waals surface area (Å²) < 4.78 is 6.71. The van der Waals surface area contributed by atoms with Gasteiger partial charge in [-0.1, -0.05) is 40.9 Å². The van der Waals surface area contributed by atoms with Crippen LogP contribution >= 0.6 is 55.1 Å². The Morgan fingerprint density at radius 3 is 2.31 bits per heavy atom. The van der Waals surface area contributed by atoms with E-state index in [1.54, 1.807) is 30.3 Å². The maximum Gasteiger partial charge on any atom is 0.266 e. The molecule has 2 N–H and O–H groups in total. The van der Waals surface area contributed by atoms with Crippen molar-refractivity contribution in [2.75, 3.05) is 17.2 Å². The van der Waals surface area contributed by atoms with Crippen LogP contribution in [0.3, 0.4) is 0 Å². The van der Waals surface area contributed by atoms with Crippen molar-refractivity contribution in [2.45, 2.75) is 13.8 Å². The van der Waals surface area contributed by atoms with Crippen molar-refractivity contribution in [3.8, 4) is 11.8 Å². The van der Waals surface area contributed by atoms with Gasteiger partial charge in [0.25, 0.3) is 11.8 Å². The second kappa shape index (κ2) is 12.4. The average Bonchev–Trinajstić information content (AvgIpc) is 2.81. The van der Waals surface area contributed by atoms with E-state index >= 15 is 0 Å². The zero-order valence-electron chi connectivity index (χ0n) is 19.1. The number of halogens is 4. The number of nitrogens with zero attached hydrogens (tertiary/aromatic N) is 1. The number of amides is 2. The van der Waals surface area contributed by atoms with Crippen LogP contribution in [-0.4, -0.2) is 18.4 Å². The highest BCUT2D eigenvalue weighted by Crippen LogP contribution is 2.35. The molecule has 3 aromatic rings. The minimum atomic E-state index is -0.518. The number of rotatable bonds is 7. The van der Waals surface area contributed by atoms with E-state index in [0.717, 1.165) is 11.1 Å². The third-order valence-corrected chi connectivity index (χ3v) is 6.79. The number of hydrogen-bond donors (Lipinski definition) is 2. The van der Waals surface area contributed by atoms with Crippen molar-refractivity contribution in [2.24, 2.45) is 0 Å². The second-order valence-corrected chi connectivity index (χ2v) is 10.2. The van der Waals surface area contributed by atoms with Crippen LogP contribution in [0.15, 0.2) is 63.0 Å². The Morgan fingerprint density at radius 1 is 1.00 bits per heavy atom. The third kappa shape index (κ3) is 7.34. The molecule has 0 spiro atoms. The first kappa shape index (κ1) is 27.8. The van der Waals surface area contributed by atoms with E-state index in [0.29, 0.717) is 41.7 Å². The van der Waals surface area contributed by atoms with Gasteiger partial charge >= 0.3 is 0 Å². The first-order valence-corrected chi connectivity index (χ1v) is 12.8. The molecule has 0 aromatic heterocycles. The van der Waals surface area contributed by atoms with Crippen LogP contribution in [0.2, 0.25) is 10.0 Å². The van der Waals surface area contributed by atoms with Crippen LogP contribution in [0, 0.1) is 25.2 Å². The fourth-order valence-corrected chi connectivity index (χ4v) is 4.92. The quantitative estimate of drug-likeness (QED) is 0.202. The highest BCUT2D eigenvalue weighted by Gasteiger charge is 2.15. The van der Waals surface area contributed by atoms with Crippen LogP contribution in [0.4, 0.5) is 11.4 Å². The summed E-state index contributed by atoms with van der Waals surface area (Å²) in [7, 11) is 0. The summed E-state index contributed by atoms with van der Waals surface area (Å²) in [5, 5.41) is 15.7. The van der Waals surface area contributed by atoms with Crippen molar-refractivity contribution < 1.29 is 14.3 Å². The molecule has 0 aliphatic carbocycles. The van der Waals surface area contributed by atoms with Gasteiger partial charge in [0.2, 0.25) is 0 Å². The van der Waals surface area contributed by atoms with Crippen LogP contribution in [0.25, 0.3) is 6.08 Å². The van der Waals surface area contributed by atoms with Gasteiger partial charge in [0.1, 0.15) is 17.4 Å². The highest BCUT2D eigenvalue weighted by molar-refractivity contribution is 9.11. The Kier molecular flexibility index (Phi) is 9.57. The van der Waals surface area contributed by atoms with Crippen LogP contribution in [0.1, 0.15) is 16.7 Å². The van der Waals surface area contributed by atoms with E-state index in [4.69, 9.17) is 27.9 Å². The molecule has 0 bridgehead atoms. The highest BCUT2D eigenvalue weighted by atomic mass is 79.9. The lowest BCUT2D eigenvalue weighted by atomic mass is 10.1. The van der Waals surface area contributed by atoms with E-state index in [-0.39, 0.29) is 12.2 Å². The predicted molar refractivity (Wildman–Crippen MR) is 151 cm³/mol. The Labute approximate surface area is 235 Å². The summed E-state index contributed by atoms with van der Waals surface area (Å²) in [6.45, 7) is 3.58. The number of nitrogens with one attached hydrogen (secondary N) is 2. The Bertz CT molecular complexity index is 1400. The molecule has 0 aliphatic heterocycles. The summed E-state index contributed by atoms with van der Waals surface area (Å²) in [6.07, 6.45) is 1.47. The van der Waals surface area contributed by atoms with Crippen molar-refractivity contribution in [3.63, 3.8) is 0 Å². The maximum atomic E-state index is 12.7. The lowest BCUT2D eigenvalue weighted by Gasteiger charge is -2.12. The SMILES string of the molecule is Cc1ccc(NC(=O)/C(C#N)=C/c2cc(Br)c(OCC(=O)Nc3ccc(Cl)c(Cl)c3)c(Br)c2)c(C)c1. The molecule has 2 amide bonds. The van der Waals surface area contributed by atoms with Crippen LogP contribution < -0.4 is 15.4 Å². The van der Waals surface area contributed by atoms with Gasteiger partial charge in [-0.3, -0.25) is 9.59 Å². The first-order chi connectivity index (χ1) is 17.1. The van der Waals surface area contributed by atoms with Gasteiger partial charge in [-0.2, -0.15) is 5.26 Å². The molecule has 36 heavy (non-hydrogen) atoms. The van der Waals surface area contributed by atoms with E-state index in [1.165, 1.54) is 12.1 Å². The zero-order valence-corrected chi connectivity index (χ0v) is 23.8. The molecular weight excluding hydrogens is 633 g/mol. The third-order valence-electron chi connectivity index (χ3n) is 4.88. The van der Waals surface area contributed by atoms with Crippen molar-refractivity contribution >= 4 is 84.3 Å².